The summed E-state index contributed by atoms with van der Waals surface area (Å²) in [5, 5.41) is 25.1. The van der Waals surface area contributed by atoms with E-state index in [0.717, 1.165) is 16.3 Å². The van der Waals surface area contributed by atoms with Crippen LogP contribution in [-0.4, -0.2) is 33.6 Å². The Bertz CT molecular complexity index is 1680. The molecule has 38 heavy (non-hydrogen) atoms. The first-order valence-electron chi connectivity index (χ1n) is 13.2. The van der Waals surface area contributed by atoms with E-state index < -0.39 is 17.8 Å². The molecule has 1 aromatic heterocycles. The number of aliphatic hydroxyl groups excluding tert-OH is 2. The number of benzene rings is 3. The summed E-state index contributed by atoms with van der Waals surface area (Å²) < 4.78 is 13.7. The zero-order valence-electron chi connectivity index (χ0n) is 24.1. The summed E-state index contributed by atoms with van der Waals surface area (Å²) in [6.07, 6.45) is -2.40. The molecule has 2 N–H and O–H groups in total. The monoisotopic (exact) mass is 517 g/mol. The van der Waals surface area contributed by atoms with Gasteiger partial charge in [-0.1, -0.05) is 53.7 Å². The normalized spacial score (nSPS) is 19.6. The van der Waals surface area contributed by atoms with E-state index in [0.29, 0.717) is 33.4 Å². The average molecular weight is 518 g/mol. The smallest absolute Gasteiger partial charge is 0.201 e. The number of rotatable bonds is 1. The zero-order chi connectivity index (χ0) is 28.1. The molecule has 4 aromatic rings. The van der Waals surface area contributed by atoms with Gasteiger partial charge in [0.1, 0.15) is 29.3 Å². The van der Waals surface area contributed by atoms with Crippen LogP contribution in [0.3, 0.4) is 0 Å². The molecule has 2 atom stereocenters. The van der Waals surface area contributed by atoms with E-state index in [-0.39, 0.29) is 16.3 Å². The van der Waals surface area contributed by atoms with Crippen molar-refractivity contribution < 1.29 is 19.7 Å². The molecule has 0 bridgehead atoms. The molecule has 0 unspecified atom stereocenters. The summed E-state index contributed by atoms with van der Waals surface area (Å²) in [7, 11) is 3.40. The number of nitrogens with zero attached hydrogens (tertiary/aromatic N) is 1. The van der Waals surface area contributed by atoms with E-state index >= 15 is 0 Å². The maximum atomic E-state index is 14.1. The fraction of sp³-hybridized carbons (Fsp3) is 0.469. The minimum absolute atomic E-state index is 0.0577. The molecule has 6 nitrogen and oxygen atoms in total. The lowest BCUT2D eigenvalue weighted by molar-refractivity contribution is -0.111. The maximum absolute atomic E-state index is 14.1. The number of hydrogen-bond donors (Lipinski definition) is 2. The molecule has 0 aliphatic carbocycles. The Morgan fingerprint density at radius 1 is 0.921 bits per heavy atom. The van der Waals surface area contributed by atoms with Gasteiger partial charge in [0.2, 0.25) is 5.43 Å². The first-order valence-corrected chi connectivity index (χ1v) is 13.2. The van der Waals surface area contributed by atoms with Crippen LogP contribution in [0, 0.1) is 0 Å². The van der Waals surface area contributed by atoms with Crippen LogP contribution in [0.25, 0.3) is 32.6 Å². The van der Waals surface area contributed by atoms with Gasteiger partial charge in [0.25, 0.3) is 0 Å². The molecule has 202 valence electrons. The van der Waals surface area contributed by atoms with Crippen molar-refractivity contribution in [2.75, 3.05) is 7.11 Å². The summed E-state index contributed by atoms with van der Waals surface area (Å²) in [4.78, 5) is 14.1. The standard InChI is InChI=1S/C32H39NO5/c1-30(2,3)19-12-16-11-18-21(14-17(16)13-20(19)31(4,5)6)33(9)26-24(27(18)34)22(37-10)15-23-25(26)28(35)29(36)32(7,8)38-23/h11-15,28-29,35-36H,1-10H3/t28-,29-/m0/s1. The molecule has 3 aromatic carbocycles. The van der Waals surface area contributed by atoms with Crippen LogP contribution in [0.15, 0.2) is 35.1 Å². The van der Waals surface area contributed by atoms with Gasteiger partial charge in [-0.3, -0.25) is 4.79 Å². The lowest BCUT2D eigenvalue weighted by Crippen LogP contribution is -2.49. The third-order valence-electron chi connectivity index (χ3n) is 8.04. The van der Waals surface area contributed by atoms with E-state index in [2.05, 4.69) is 59.7 Å². The van der Waals surface area contributed by atoms with Crippen molar-refractivity contribution in [2.45, 2.75) is 84.0 Å². The Morgan fingerprint density at radius 2 is 1.47 bits per heavy atom. The fourth-order valence-electron chi connectivity index (χ4n) is 5.91. The average Bonchev–Trinajstić information content (AvgIpc) is 2.81. The molecular weight excluding hydrogens is 478 g/mol. The molecule has 0 saturated carbocycles. The molecule has 0 fully saturated rings. The van der Waals surface area contributed by atoms with Gasteiger partial charge >= 0.3 is 0 Å². The summed E-state index contributed by atoms with van der Waals surface area (Å²) in [5.74, 6) is 0.774. The Hall–Kier alpha value is -3.09. The number of hydrogen-bond acceptors (Lipinski definition) is 5. The second-order valence-corrected chi connectivity index (χ2v) is 13.3. The second kappa shape index (κ2) is 8.20. The molecule has 0 radical (unpaired) electrons. The van der Waals surface area contributed by atoms with Gasteiger partial charge in [0.15, 0.2) is 0 Å². The lowest BCUT2D eigenvalue weighted by Gasteiger charge is -2.40. The van der Waals surface area contributed by atoms with Crippen molar-refractivity contribution in [3.8, 4) is 11.5 Å². The molecular formula is C32H39NO5. The Morgan fingerprint density at radius 3 is 2.00 bits per heavy atom. The molecule has 1 aliphatic heterocycles. The molecule has 5 rings (SSSR count). The van der Waals surface area contributed by atoms with Crippen LogP contribution >= 0.6 is 0 Å². The van der Waals surface area contributed by atoms with Crippen LogP contribution in [-0.2, 0) is 17.9 Å². The van der Waals surface area contributed by atoms with Gasteiger partial charge in [-0.25, -0.2) is 0 Å². The quantitative estimate of drug-likeness (QED) is 0.302. The Balaban J connectivity index is 1.96. The Labute approximate surface area is 223 Å². The molecule has 1 aliphatic rings. The summed E-state index contributed by atoms with van der Waals surface area (Å²) in [6.45, 7) is 16.8. The van der Waals surface area contributed by atoms with Crippen molar-refractivity contribution in [1.82, 2.24) is 4.57 Å². The number of pyridine rings is 1. The van der Waals surface area contributed by atoms with Gasteiger partial charge in [-0.15, -0.1) is 0 Å². The molecule has 6 heteroatoms. The third kappa shape index (κ3) is 3.80. The van der Waals surface area contributed by atoms with Crippen LogP contribution < -0.4 is 14.9 Å². The number of aromatic nitrogens is 1. The van der Waals surface area contributed by atoms with Crippen LogP contribution in [0.4, 0.5) is 0 Å². The Kier molecular flexibility index (Phi) is 5.72. The molecule has 0 spiro atoms. The van der Waals surface area contributed by atoms with E-state index in [1.165, 1.54) is 18.2 Å². The zero-order valence-corrected chi connectivity index (χ0v) is 24.1. The predicted molar refractivity (Wildman–Crippen MR) is 154 cm³/mol. The molecule has 2 heterocycles. The fourth-order valence-corrected chi connectivity index (χ4v) is 5.91. The second-order valence-electron chi connectivity index (χ2n) is 13.3. The van der Waals surface area contributed by atoms with Crippen molar-refractivity contribution in [3.05, 3.63) is 57.2 Å². The van der Waals surface area contributed by atoms with Gasteiger partial charge in [-0.2, -0.15) is 0 Å². The van der Waals surface area contributed by atoms with E-state index in [1.54, 1.807) is 19.9 Å². The van der Waals surface area contributed by atoms with Gasteiger partial charge < -0.3 is 24.3 Å². The van der Waals surface area contributed by atoms with Crippen LogP contribution in [0.5, 0.6) is 11.5 Å². The largest absolute Gasteiger partial charge is 0.496 e. The maximum Gasteiger partial charge on any atom is 0.201 e. The van der Waals surface area contributed by atoms with Gasteiger partial charge in [-0.05, 0) is 58.7 Å². The highest BCUT2D eigenvalue weighted by Gasteiger charge is 2.44. The van der Waals surface area contributed by atoms with E-state index in [1.807, 2.05) is 17.7 Å². The SMILES string of the molecule is COc1cc2c(c3c1c(=O)c1cc4cc(C(C)(C)C)c(C(C)(C)C)cc4cc1n3C)[C@H](O)[C@H](O)C(C)(C)O2. The van der Waals surface area contributed by atoms with Crippen molar-refractivity contribution in [3.63, 3.8) is 0 Å². The summed E-state index contributed by atoms with van der Waals surface area (Å²) in [5.41, 5.74) is 2.86. The topological polar surface area (TPSA) is 80.9 Å². The van der Waals surface area contributed by atoms with Crippen molar-refractivity contribution in [2.24, 2.45) is 7.05 Å². The third-order valence-corrected chi connectivity index (χ3v) is 8.04. The number of fused-ring (bicyclic) bond motifs is 5. The number of methoxy groups -OCH3 is 1. The minimum atomic E-state index is -1.23. The highest BCUT2D eigenvalue weighted by molar-refractivity contribution is 6.04. The first-order chi connectivity index (χ1) is 17.5. The van der Waals surface area contributed by atoms with Crippen LogP contribution in [0.2, 0.25) is 0 Å². The molecule has 0 amide bonds. The first kappa shape index (κ1) is 26.5. The summed E-state index contributed by atoms with van der Waals surface area (Å²) >= 11 is 0. The predicted octanol–water partition coefficient (Wildman–Crippen LogP) is 6.01. The van der Waals surface area contributed by atoms with Gasteiger partial charge in [0, 0.05) is 18.5 Å². The minimum Gasteiger partial charge on any atom is -0.496 e. The highest BCUT2D eigenvalue weighted by Crippen LogP contribution is 2.46. The highest BCUT2D eigenvalue weighted by atomic mass is 16.5. The summed E-state index contributed by atoms with van der Waals surface area (Å²) in [6, 6.07) is 10.1. The number of ether oxygens (including phenoxy) is 2. The number of aryl methyl sites for hydroxylation is 1. The van der Waals surface area contributed by atoms with Crippen molar-refractivity contribution in [1.29, 1.82) is 0 Å². The van der Waals surface area contributed by atoms with E-state index in [9.17, 15) is 15.0 Å². The number of aliphatic hydroxyl groups is 2. The van der Waals surface area contributed by atoms with Crippen LogP contribution in [0.1, 0.15) is 78.2 Å². The van der Waals surface area contributed by atoms with Gasteiger partial charge in [0.05, 0.1) is 29.1 Å². The molecule has 0 saturated heterocycles. The van der Waals surface area contributed by atoms with E-state index in [4.69, 9.17) is 9.47 Å². The van der Waals surface area contributed by atoms with Crippen molar-refractivity contribution >= 4 is 32.6 Å². The lowest BCUT2D eigenvalue weighted by atomic mass is 9.74.